The van der Waals surface area contributed by atoms with Crippen molar-refractivity contribution in [2.24, 2.45) is 5.10 Å². The van der Waals surface area contributed by atoms with Crippen LogP contribution in [0.15, 0.2) is 65.9 Å². The molecule has 0 aliphatic rings. The Morgan fingerprint density at radius 3 is 1.93 bits per heavy atom. The molecule has 0 aliphatic carbocycles. The zero-order valence-electron chi connectivity index (χ0n) is 24.3. The van der Waals surface area contributed by atoms with Crippen LogP contribution in [0.5, 0.6) is 0 Å². The maximum atomic E-state index is 13.5. The van der Waals surface area contributed by atoms with Gasteiger partial charge in [-0.2, -0.15) is 10.2 Å². The summed E-state index contributed by atoms with van der Waals surface area (Å²) in [6.45, 7) is 2.27. The summed E-state index contributed by atoms with van der Waals surface area (Å²) < 4.78 is 15.2. The lowest BCUT2D eigenvalue weighted by atomic mass is 10.0. The standard InChI is InChI=1S/C34H47FN4O/c1-2-3-4-5-6-7-8-9-10-11-12-13-14-15-19-22-33(40)37-36-27-30-28-39(32-20-17-16-18-21-32)38-34(30)29-23-25-31(35)26-24-29/h16-18,20-21,23-28H,2-15,19,22H2,1H3,(H,37,40)/b36-27+. The fraction of sp³-hybridized carbons (Fsp3) is 0.500. The van der Waals surface area contributed by atoms with E-state index in [1.54, 1.807) is 23.0 Å². The molecule has 1 heterocycles. The summed E-state index contributed by atoms with van der Waals surface area (Å²) in [5.74, 6) is -0.378. The third-order valence-electron chi connectivity index (χ3n) is 7.28. The van der Waals surface area contributed by atoms with E-state index in [1.807, 2.05) is 36.5 Å². The molecule has 1 amide bonds. The number of halogens is 1. The van der Waals surface area contributed by atoms with Gasteiger partial charge in [-0.1, -0.05) is 115 Å². The second-order valence-electron chi connectivity index (χ2n) is 10.7. The largest absolute Gasteiger partial charge is 0.273 e. The molecule has 0 radical (unpaired) electrons. The maximum absolute atomic E-state index is 13.5. The molecule has 0 fully saturated rings. The number of hydrogen-bond donors (Lipinski definition) is 1. The average molecular weight is 547 g/mol. The summed E-state index contributed by atoms with van der Waals surface area (Å²) in [4.78, 5) is 12.3. The number of hydrogen-bond acceptors (Lipinski definition) is 3. The topological polar surface area (TPSA) is 59.3 Å². The lowest BCUT2D eigenvalue weighted by Crippen LogP contribution is -2.16. The number of unbranched alkanes of at least 4 members (excludes halogenated alkanes) is 14. The average Bonchev–Trinajstić information content (AvgIpc) is 3.40. The van der Waals surface area contributed by atoms with Gasteiger partial charge in [-0.25, -0.2) is 14.5 Å². The number of rotatable bonds is 20. The Labute approximate surface area is 240 Å². The van der Waals surface area contributed by atoms with Crippen molar-refractivity contribution in [2.45, 2.75) is 110 Å². The molecule has 0 atom stereocenters. The molecule has 1 aromatic heterocycles. The third-order valence-corrected chi connectivity index (χ3v) is 7.28. The van der Waals surface area contributed by atoms with Gasteiger partial charge in [0.15, 0.2) is 0 Å². The molecule has 216 valence electrons. The summed E-state index contributed by atoms with van der Waals surface area (Å²) in [5.41, 5.74) is 5.74. The van der Waals surface area contributed by atoms with E-state index >= 15 is 0 Å². The molecular formula is C34H47FN4O. The first kappa shape index (κ1) is 31.3. The van der Waals surface area contributed by atoms with Crippen LogP contribution in [0.3, 0.4) is 0 Å². The highest BCUT2D eigenvalue weighted by Gasteiger charge is 2.11. The minimum Gasteiger partial charge on any atom is -0.273 e. The van der Waals surface area contributed by atoms with Crippen LogP contribution in [0, 0.1) is 5.82 Å². The molecule has 40 heavy (non-hydrogen) atoms. The summed E-state index contributed by atoms with van der Waals surface area (Å²) in [5, 5.41) is 8.88. The van der Waals surface area contributed by atoms with Crippen LogP contribution < -0.4 is 5.43 Å². The first-order valence-corrected chi connectivity index (χ1v) is 15.4. The molecule has 3 rings (SSSR count). The minimum atomic E-state index is -0.299. The number of carbonyl (C=O) groups excluding carboxylic acids is 1. The van der Waals surface area contributed by atoms with Gasteiger partial charge in [0.2, 0.25) is 5.91 Å². The number of benzene rings is 2. The Morgan fingerprint density at radius 2 is 1.35 bits per heavy atom. The lowest BCUT2D eigenvalue weighted by Gasteiger charge is -2.03. The van der Waals surface area contributed by atoms with Crippen LogP contribution in [0.25, 0.3) is 16.9 Å². The molecule has 6 heteroatoms. The second-order valence-corrected chi connectivity index (χ2v) is 10.7. The van der Waals surface area contributed by atoms with Crippen molar-refractivity contribution in [3.8, 4) is 16.9 Å². The Morgan fingerprint density at radius 1 is 0.800 bits per heavy atom. The number of nitrogens with one attached hydrogen (secondary N) is 1. The number of amides is 1. The fourth-order valence-electron chi connectivity index (χ4n) is 4.91. The minimum absolute atomic E-state index is 0.0790. The number of para-hydroxylation sites is 1. The Balaban J connectivity index is 1.31. The van der Waals surface area contributed by atoms with E-state index in [2.05, 4.69) is 17.5 Å². The van der Waals surface area contributed by atoms with Crippen molar-refractivity contribution >= 4 is 12.1 Å². The lowest BCUT2D eigenvalue weighted by molar-refractivity contribution is -0.121. The maximum Gasteiger partial charge on any atom is 0.240 e. The monoisotopic (exact) mass is 546 g/mol. The van der Waals surface area contributed by atoms with Crippen LogP contribution in [-0.4, -0.2) is 21.9 Å². The van der Waals surface area contributed by atoms with Gasteiger partial charge < -0.3 is 0 Å². The SMILES string of the molecule is CCCCCCCCCCCCCCCCCC(=O)N/N=C/c1cn(-c2ccccc2)nc1-c1ccc(F)cc1. The summed E-state index contributed by atoms with van der Waals surface area (Å²) >= 11 is 0. The van der Waals surface area contributed by atoms with Crippen molar-refractivity contribution in [1.82, 2.24) is 15.2 Å². The molecular weight excluding hydrogens is 499 g/mol. The first-order chi connectivity index (χ1) is 19.7. The number of hydrazone groups is 1. The predicted molar refractivity (Wildman–Crippen MR) is 164 cm³/mol. The Kier molecular flexibility index (Phi) is 14.8. The van der Waals surface area contributed by atoms with E-state index in [1.165, 1.54) is 95.6 Å². The van der Waals surface area contributed by atoms with E-state index in [-0.39, 0.29) is 11.7 Å². The normalized spacial score (nSPS) is 11.3. The zero-order valence-corrected chi connectivity index (χ0v) is 24.3. The van der Waals surface area contributed by atoms with Gasteiger partial charge in [0.25, 0.3) is 0 Å². The molecule has 0 saturated carbocycles. The van der Waals surface area contributed by atoms with Gasteiger partial charge in [0.1, 0.15) is 11.5 Å². The number of carbonyl (C=O) groups is 1. The van der Waals surface area contributed by atoms with Crippen molar-refractivity contribution in [3.63, 3.8) is 0 Å². The van der Waals surface area contributed by atoms with E-state index in [0.29, 0.717) is 12.1 Å². The number of aromatic nitrogens is 2. The van der Waals surface area contributed by atoms with Crippen LogP contribution in [0.4, 0.5) is 4.39 Å². The summed E-state index contributed by atoms with van der Waals surface area (Å²) in [6.07, 6.45) is 23.5. The van der Waals surface area contributed by atoms with E-state index < -0.39 is 0 Å². The fourth-order valence-corrected chi connectivity index (χ4v) is 4.91. The highest BCUT2D eigenvalue weighted by molar-refractivity contribution is 5.89. The van der Waals surface area contributed by atoms with E-state index in [9.17, 15) is 9.18 Å². The molecule has 0 bridgehead atoms. The summed E-state index contributed by atoms with van der Waals surface area (Å²) in [6, 6.07) is 16.0. The smallest absolute Gasteiger partial charge is 0.240 e. The van der Waals surface area contributed by atoms with Crippen LogP contribution >= 0.6 is 0 Å². The Hall–Kier alpha value is -3.28. The Bertz CT molecular complexity index is 1120. The van der Waals surface area contributed by atoms with Gasteiger partial charge in [0, 0.05) is 23.7 Å². The van der Waals surface area contributed by atoms with Gasteiger partial charge in [-0.3, -0.25) is 4.79 Å². The van der Waals surface area contributed by atoms with Gasteiger partial charge in [-0.15, -0.1) is 0 Å². The molecule has 3 aromatic rings. The van der Waals surface area contributed by atoms with Crippen LogP contribution in [0.2, 0.25) is 0 Å². The molecule has 0 unspecified atom stereocenters. The predicted octanol–water partition coefficient (Wildman–Crippen LogP) is 9.39. The quantitative estimate of drug-likeness (QED) is 0.0872. The molecule has 1 N–H and O–H groups in total. The van der Waals surface area contributed by atoms with Crippen molar-refractivity contribution in [1.29, 1.82) is 0 Å². The van der Waals surface area contributed by atoms with E-state index in [4.69, 9.17) is 5.10 Å². The van der Waals surface area contributed by atoms with Crippen LogP contribution in [0.1, 0.15) is 115 Å². The van der Waals surface area contributed by atoms with E-state index in [0.717, 1.165) is 29.7 Å². The van der Waals surface area contributed by atoms with Gasteiger partial charge in [0.05, 0.1) is 11.9 Å². The van der Waals surface area contributed by atoms with Crippen molar-refractivity contribution < 1.29 is 9.18 Å². The highest BCUT2D eigenvalue weighted by atomic mass is 19.1. The van der Waals surface area contributed by atoms with Crippen LogP contribution in [-0.2, 0) is 4.79 Å². The van der Waals surface area contributed by atoms with Crippen molar-refractivity contribution in [2.75, 3.05) is 0 Å². The second kappa shape index (κ2) is 18.9. The summed E-state index contributed by atoms with van der Waals surface area (Å²) in [7, 11) is 0. The van der Waals surface area contributed by atoms with Gasteiger partial charge >= 0.3 is 0 Å². The molecule has 2 aromatic carbocycles. The molecule has 5 nitrogen and oxygen atoms in total. The van der Waals surface area contributed by atoms with Crippen molar-refractivity contribution in [3.05, 3.63) is 72.2 Å². The highest BCUT2D eigenvalue weighted by Crippen LogP contribution is 2.23. The molecule has 0 saturated heterocycles. The van der Waals surface area contributed by atoms with Gasteiger partial charge in [-0.05, 0) is 42.8 Å². The zero-order chi connectivity index (χ0) is 28.3. The third kappa shape index (κ3) is 11.8. The molecule has 0 aliphatic heterocycles. The first-order valence-electron chi connectivity index (χ1n) is 15.4. The number of nitrogens with zero attached hydrogens (tertiary/aromatic N) is 3. The molecule has 0 spiro atoms.